The summed E-state index contributed by atoms with van der Waals surface area (Å²) in [5.74, 6) is 0.756. The van der Waals surface area contributed by atoms with Crippen LogP contribution in [-0.2, 0) is 0 Å². The maximum absolute atomic E-state index is 12.2. The largest absolute Gasteiger partial charge is 0.396 e. The standard InChI is InChI=1S/C14H26N2O2/c1-11(5-4-10-17)15-14(18)16-9-3-8-13(16)12-6-2-7-12/h11-13,17H,2-10H2,1H3,(H,15,18). The van der Waals surface area contributed by atoms with Crippen molar-refractivity contribution in [2.24, 2.45) is 5.92 Å². The van der Waals surface area contributed by atoms with Gasteiger partial charge in [0.15, 0.2) is 0 Å². The summed E-state index contributed by atoms with van der Waals surface area (Å²) >= 11 is 0. The fourth-order valence-corrected chi connectivity index (χ4v) is 3.12. The van der Waals surface area contributed by atoms with Gasteiger partial charge in [-0.15, -0.1) is 0 Å². The summed E-state index contributed by atoms with van der Waals surface area (Å²) in [6.45, 7) is 3.14. The van der Waals surface area contributed by atoms with Gasteiger partial charge < -0.3 is 15.3 Å². The van der Waals surface area contributed by atoms with E-state index >= 15 is 0 Å². The molecule has 0 spiro atoms. The van der Waals surface area contributed by atoms with Crippen LogP contribution in [-0.4, -0.2) is 41.3 Å². The molecule has 0 aromatic rings. The highest BCUT2D eigenvalue weighted by Gasteiger charge is 2.37. The molecule has 2 N–H and O–H groups in total. The summed E-state index contributed by atoms with van der Waals surface area (Å²) < 4.78 is 0. The quantitative estimate of drug-likeness (QED) is 0.789. The van der Waals surface area contributed by atoms with E-state index in [0.717, 1.165) is 31.7 Å². The van der Waals surface area contributed by atoms with Crippen LogP contribution >= 0.6 is 0 Å². The number of aliphatic hydroxyl groups is 1. The van der Waals surface area contributed by atoms with Crippen molar-refractivity contribution in [3.05, 3.63) is 0 Å². The van der Waals surface area contributed by atoms with Crippen LogP contribution in [0.15, 0.2) is 0 Å². The Bertz CT molecular complexity index is 279. The Morgan fingerprint density at radius 3 is 2.78 bits per heavy atom. The van der Waals surface area contributed by atoms with E-state index in [1.807, 2.05) is 6.92 Å². The molecule has 2 rings (SSSR count). The van der Waals surface area contributed by atoms with E-state index in [1.54, 1.807) is 0 Å². The van der Waals surface area contributed by atoms with Crippen LogP contribution in [0.25, 0.3) is 0 Å². The van der Waals surface area contributed by atoms with Gasteiger partial charge in [-0.2, -0.15) is 0 Å². The number of hydrogen-bond donors (Lipinski definition) is 2. The lowest BCUT2D eigenvalue weighted by Gasteiger charge is -2.37. The average Bonchev–Trinajstić information content (AvgIpc) is 2.73. The summed E-state index contributed by atoms with van der Waals surface area (Å²) in [7, 11) is 0. The van der Waals surface area contributed by atoms with Crippen LogP contribution in [0.3, 0.4) is 0 Å². The zero-order chi connectivity index (χ0) is 13.0. The monoisotopic (exact) mass is 254 g/mol. The number of aliphatic hydroxyl groups excluding tert-OH is 1. The predicted octanol–water partition coefficient (Wildman–Crippen LogP) is 2.12. The Morgan fingerprint density at radius 1 is 1.39 bits per heavy atom. The molecule has 2 aliphatic rings. The third-order valence-corrected chi connectivity index (χ3v) is 4.42. The second-order valence-corrected chi connectivity index (χ2v) is 5.81. The number of carbonyl (C=O) groups excluding carboxylic acids is 1. The van der Waals surface area contributed by atoms with Gasteiger partial charge in [0.05, 0.1) is 0 Å². The van der Waals surface area contributed by atoms with Crippen LogP contribution in [0, 0.1) is 5.92 Å². The Kier molecular flexibility index (Phi) is 4.87. The summed E-state index contributed by atoms with van der Waals surface area (Å²) in [4.78, 5) is 14.3. The highest BCUT2D eigenvalue weighted by molar-refractivity contribution is 5.75. The van der Waals surface area contributed by atoms with Gasteiger partial charge in [-0.1, -0.05) is 6.42 Å². The molecule has 2 amide bonds. The lowest BCUT2D eigenvalue weighted by Crippen LogP contribution is -2.49. The minimum absolute atomic E-state index is 0.106. The van der Waals surface area contributed by atoms with Crippen molar-refractivity contribution in [3.63, 3.8) is 0 Å². The van der Waals surface area contributed by atoms with Crippen molar-refractivity contribution < 1.29 is 9.90 Å². The number of nitrogens with one attached hydrogen (secondary N) is 1. The van der Waals surface area contributed by atoms with Crippen LogP contribution < -0.4 is 5.32 Å². The second-order valence-electron chi connectivity index (χ2n) is 5.81. The molecule has 2 fully saturated rings. The number of rotatable bonds is 5. The molecular formula is C14H26N2O2. The molecular weight excluding hydrogens is 228 g/mol. The number of likely N-dealkylation sites (tertiary alicyclic amines) is 1. The van der Waals surface area contributed by atoms with Gasteiger partial charge in [0, 0.05) is 25.2 Å². The van der Waals surface area contributed by atoms with Crippen molar-refractivity contribution in [1.29, 1.82) is 0 Å². The molecule has 2 unspecified atom stereocenters. The summed E-state index contributed by atoms with van der Waals surface area (Å²) in [6, 6.07) is 0.755. The Hall–Kier alpha value is -0.770. The summed E-state index contributed by atoms with van der Waals surface area (Å²) in [5, 5.41) is 11.9. The topological polar surface area (TPSA) is 52.6 Å². The Morgan fingerprint density at radius 2 is 2.17 bits per heavy atom. The smallest absolute Gasteiger partial charge is 0.317 e. The highest BCUT2D eigenvalue weighted by Crippen LogP contribution is 2.37. The van der Waals surface area contributed by atoms with Gasteiger partial charge in [0.2, 0.25) is 0 Å². The average molecular weight is 254 g/mol. The van der Waals surface area contributed by atoms with Crippen molar-refractivity contribution >= 4 is 6.03 Å². The van der Waals surface area contributed by atoms with Crippen molar-refractivity contribution in [1.82, 2.24) is 10.2 Å². The minimum atomic E-state index is 0.106. The molecule has 0 bridgehead atoms. The third-order valence-electron chi connectivity index (χ3n) is 4.42. The zero-order valence-corrected chi connectivity index (χ0v) is 11.4. The minimum Gasteiger partial charge on any atom is -0.396 e. The summed E-state index contributed by atoms with van der Waals surface area (Å²) in [5.41, 5.74) is 0. The molecule has 1 aliphatic heterocycles. The predicted molar refractivity (Wildman–Crippen MR) is 71.4 cm³/mol. The maximum Gasteiger partial charge on any atom is 0.317 e. The Balaban J connectivity index is 1.79. The fraction of sp³-hybridized carbons (Fsp3) is 0.929. The van der Waals surface area contributed by atoms with E-state index in [-0.39, 0.29) is 18.7 Å². The van der Waals surface area contributed by atoms with Gasteiger partial charge in [0.25, 0.3) is 0 Å². The van der Waals surface area contributed by atoms with Crippen molar-refractivity contribution in [3.8, 4) is 0 Å². The summed E-state index contributed by atoms with van der Waals surface area (Å²) in [6.07, 6.45) is 7.88. The SMILES string of the molecule is CC(CCCO)NC(=O)N1CCCC1C1CCC1. The lowest BCUT2D eigenvalue weighted by molar-refractivity contribution is 0.137. The molecule has 1 saturated carbocycles. The van der Waals surface area contributed by atoms with Crippen LogP contribution in [0.2, 0.25) is 0 Å². The van der Waals surface area contributed by atoms with Crippen LogP contribution in [0.5, 0.6) is 0 Å². The number of carbonyl (C=O) groups is 1. The zero-order valence-electron chi connectivity index (χ0n) is 11.4. The van der Waals surface area contributed by atoms with E-state index < -0.39 is 0 Å². The maximum atomic E-state index is 12.2. The number of amides is 2. The number of nitrogens with zero attached hydrogens (tertiary/aromatic N) is 1. The van der Waals surface area contributed by atoms with Gasteiger partial charge >= 0.3 is 6.03 Å². The van der Waals surface area contributed by atoms with Crippen LogP contribution in [0.4, 0.5) is 4.79 Å². The highest BCUT2D eigenvalue weighted by atomic mass is 16.3. The fourth-order valence-electron chi connectivity index (χ4n) is 3.12. The van der Waals surface area contributed by atoms with Gasteiger partial charge in [-0.25, -0.2) is 4.79 Å². The van der Waals surface area contributed by atoms with Gasteiger partial charge in [-0.05, 0) is 51.4 Å². The first-order valence-electron chi connectivity index (χ1n) is 7.40. The van der Waals surface area contributed by atoms with E-state index in [9.17, 15) is 4.79 Å². The second kappa shape index (κ2) is 6.41. The first kappa shape index (κ1) is 13.7. The van der Waals surface area contributed by atoms with E-state index in [0.29, 0.717) is 6.04 Å². The molecule has 18 heavy (non-hydrogen) atoms. The van der Waals surface area contributed by atoms with Crippen molar-refractivity contribution in [2.45, 2.75) is 64.0 Å². The number of urea groups is 1. The Labute approximate surface area is 110 Å². The molecule has 4 heteroatoms. The molecule has 4 nitrogen and oxygen atoms in total. The van der Waals surface area contributed by atoms with Gasteiger partial charge in [0.1, 0.15) is 0 Å². The molecule has 1 saturated heterocycles. The number of hydrogen-bond acceptors (Lipinski definition) is 2. The molecule has 104 valence electrons. The molecule has 1 aliphatic carbocycles. The molecule has 2 atom stereocenters. The first-order valence-corrected chi connectivity index (χ1v) is 7.40. The van der Waals surface area contributed by atoms with Crippen LogP contribution in [0.1, 0.15) is 51.9 Å². The molecule has 0 aromatic carbocycles. The molecule has 1 heterocycles. The normalized spacial score (nSPS) is 25.9. The van der Waals surface area contributed by atoms with E-state index in [1.165, 1.54) is 25.7 Å². The molecule has 0 aromatic heterocycles. The molecule has 0 radical (unpaired) electrons. The van der Waals surface area contributed by atoms with E-state index in [2.05, 4.69) is 10.2 Å². The van der Waals surface area contributed by atoms with Crippen molar-refractivity contribution in [2.75, 3.05) is 13.2 Å². The van der Waals surface area contributed by atoms with E-state index in [4.69, 9.17) is 5.11 Å². The first-order chi connectivity index (χ1) is 8.72. The van der Waals surface area contributed by atoms with Gasteiger partial charge in [-0.3, -0.25) is 0 Å². The third kappa shape index (κ3) is 3.16. The lowest BCUT2D eigenvalue weighted by atomic mass is 9.79.